The SMILES string of the molecule is Nc1ccc2c(c1)C(=O)c1cc(S(=O)(=O)N3CCCCC3)ccc1-2. The van der Waals surface area contributed by atoms with Crippen LogP contribution in [0.5, 0.6) is 0 Å². The number of benzene rings is 2. The monoisotopic (exact) mass is 342 g/mol. The molecule has 0 unspecified atom stereocenters. The maximum atomic E-state index is 12.8. The Morgan fingerprint density at radius 1 is 0.833 bits per heavy atom. The molecule has 0 atom stereocenters. The molecular formula is C18H18N2O3S. The van der Waals surface area contributed by atoms with Crippen molar-refractivity contribution in [3.8, 4) is 11.1 Å². The van der Waals surface area contributed by atoms with Crippen LogP contribution in [0.2, 0.25) is 0 Å². The van der Waals surface area contributed by atoms with Gasteiger partial charge in [-0.1, -0.05) is 18.6 Å². The van der Waals surface area contributed by atoms with Gasteiger partial charge in [0.05, 0.1) is 4.90 Å². The molecule has 4 rings (SSSR count). The molecule has 1 aliphatic carbocycles. The van der Waals surface area contributed by atoms with Crippen LogP contribution in [0.15, 0.2) is 41.3 Å². The van der Waals surface area contributed by atoms with Crippen molar-refractivity contribution in [2.75, 3.05) is 18.8 Å². The maximum Gasteiger partial charge on any atom is 0.243 e. The van der Waals surface area contributed by atoms with E-state index in [1.807, 2.05) is 6.07 Å². The van der Waals surface area contributed by atoms with Gasteiger partial charge in [0.2, 0.25) is 10.0 Å². The standard InChI is InChI=1S/C18H18N2O3S/c19-12-4-6-14-15-7-5-13(11-17(15)18(21)16(14)10-12)24(22,23)20-8-2-1-3-9-20/h4-7,10-11H,1-3,8-9,19H2. The second kappa shape index (κ2) is 5.43. The van der Waals surface area contributed by atoms with Gasteiger partial charge >= 0.3 is 0 Å². The van der Waals surface area contributed by atoms with E-state index in [1.165, 1.54) is 10.4 Å². The van der Waals surface area contributed by atoms with E-state index < -0.39 is 10.0 Å². The van der Waals surface area contributed by atoms with Crippen molar-refractivity contribution >= 4 is 21.5 Å². The summed E-state index contributed by atoms with van der Waals surface area (Å²) in [6.07, 6.45) is 2.83. The Labute approximate surface area is 141 Å². The summed E-state index contributed by atoms with van der Waals surface area (Å²) in [5.41, 5.74) is 8.85. The zero-order valence-electron chi connectivity index (χ0n) is 13.2. The Morgan fingerprint density at radius 3 is 2.17 bits per heavy atom. The Balaban J connectivity index is 1.78. The maximum absolute atomic E-state index is 12.8. The highest BCUT2D eigenvalue weighted by Gasteiger charge is 2.31. The second-order valence-electron chi connectivity index (χ2n) is 6.31. The summed E-state index contributed by atoms with van der Waals surface area (Å²) >= 11 is 0. The topological polar surface area (TPSA) is 80.5 Å². The number of carbonyl (C=O) groups is 1. The number of nitrogens with zero attached hydrogens (tertiary/aromatic N) is 1. The zero-order valence-corrected chi connectivity index (χ0v) is 14.0. The molecule has 0 saturated carbocycles. The van der Waals surface area contributed by atoms with E-state index in [0.29, 0.717) is 29.9 Å². The minimum Gasteiger partial charge on any atom is -0.399 e. The molecule has 0 spiro atoms. The highest BCUT2D eigenvalue weighted by Crippen LogP contribution is 2.38. The Hall–Kier alpha value is -2.18. The van der Waals surface area contributed by atoms with Gasteiger partial charge in [0, 0.05) is 29.9 Å². The normalized spacial score (nSPS) is 17.6. The van der Waals surface area contributed by atoms with Crippen LogP contribution in [0.25, 0.3) is 11.1 Å². The lowest BCUT2D eigenvalue weighted by Gasteiger charge is -2.26. The first-order valence-corrected chi connectivity index (χ1v) is 9.51. The summed E-state index contributed by atoms with van der Waals surface area (Å²) < 4.78 is 27.1. The van der Waals surface area contributed by atoms with E-state index in [2.05, 4.69) is 0 Å². The average Bonchev–Trinajstić information content (AvgIpc) is 2.87. The number of ketones is 1. The number of nitrogens with two attached hydrogens (primary N) is 1. The molecule has 0 bridgehead atoms. The van der Waals surface area contributed by atoms with Gasteiger partial charge in [0.1, 0.15) is 0 Å². The van der Waals surface area contributed by atoms with Gasteiger partial charge in [-0.3, -0.25) is 4.79 Å². The Bertz CT molecular complexity index is 945. The predicted octanol–water partition coefficient (Wildman–Crippen LogP) is 2.65. The molecule has 5 nitrogen and oxygen atoms in total. The molecule has 2 aliphatic rings. The summed E-state index contributed by atoms with van der Waals surface area (Å²) in [7, 11) is -3.55. The summed E-state index contributed by atoms with van der Waals surface area (Å²) in [5, 5.41) is 0. The number of nitrogen functional groups attached to an aromatic ring is 1. The van der Waals surface area contributed by atoms with Gasteiger partial charge in [-0.2, -0.15) is 4.31 Å². The quantitative estimate of drug-likeness (QED) is 0.726. The van der Waals surface area contributed by atoms with Gasteiger partial charge in [0.25, 0.3) is 0 Å². The van der Waals surface area contributed by atoms with Crippen LogP contribution in [0.4, 0.5) is 5.69 Å². The number of piperidine rings is 1. The summed E-state index contributed by atoms with van der Waals surface area (Å²) in [6, 6.07) is 10.1. The lowest BCUT2D eigenvalue weighted by molar-refractivity contribution is 0.104. The van der Waals surface area contributed by atoms with Crippen molar-refractivity contribution < 1.29 is 13.2 Å². The lowest BCUT2D eigenvalue weighted by Crippen LogP contribution is -2.35. The molecule has 1 heterocycles. The third-order valence-corrected chi connectivity index (χ3v) is 6.66. The molecule has 1 aliphatic heterocycles. The highest BCUT2D eigenvalue weighted by molar-refractivity contribution is 7.89. The van der Waals surface area contributed by atoms with Gasteiger partial charge < -0.3 is 5.73 Å². The molecule has 0 aromatic heterocycles. The van der Waals surface area contributed by atoms with E-state index in [1.54, 1.807) is 24.3 Å². The van der Waals surface area contributed by atoms with Crippen molar-refractivity contribution in [3.05, 3.63) is 47.5 Å². The second-order valence-corrected chi connectivity index (χ2v) is 8.24. The highest BCUT2D eigenvalue weighted by atomic mass is 32.2. The van der Waals surface area contributed by atoms with E-state index >= 15 is 0 Å². The first kappa shape index (κ1) is 15.4. The molecule has 1 fully saturated rings. The van der Waals surface area contributed by atoms with Crippen LogP contribution in [0.1, 0.15) is 35.2 Å². The first-order chi connectivity index (χ1) is 11.5. The number of hydrogen-bond donors (Lipinski definition) is 1. The number of anilines is 1. The van der Waals surface area contributed by atoms with E-state index in [-0.39, 0.29) is 10.7 Å². The Kier molecular flexibility index (Phi) is 3.47. The van der Waals surface area contributed by atoms with E-state index in [9.17, 15) is 13.2 Å². The van der Waals surface area contributed by atoms with Gasteiger partial charge in [-0.05, 0) is 48.2 Å². The minimum atomic E-state index is -3.55. The molecule has 6 heteroatoms. The van der Waals surface area contributed by atoms with Crippen LogP contribution in [-0.4, -0.2) is 31.6 Å². The van der Waals surface area contributed by atoms with Crippen molar-refractivity contribution in [1.82, 2.24) is 4.31 Å². The molecule has 124 valence electrons. The smallest absolute Gasteiger partial charge is 0.243 e. The summed E-state index contributed by atoms with van der Waals surface area (Å²) in [6.45, 7) is 1.09. The minimum absolute atomic E-state index is 0.164. The van der Waals surface area contributed by atoms with Crippen LogP contribution in [0.3, 0.4) is 0 Å². The fourth-order valence-corrected chi connectivity index (χ4v) is 5.03. The molecule has 1 saturated heterocycles. The number of fused-ring (bicyclic) bond motifs is 3. The zero-order chi connectivity index (χ0) is 16.9. The number of rotatable bonds is 2. The molecule has 2 aromatic rings. The lowest BCUT2D eigenvalue weighted by atomic mass is 10.1. The molecule has 0 amide bonds. The van der Waals surface area contributed by atoms with Crippen LogP contribution >= 0.6 is 0 Å². The van der Waals surface area contributed by atoms with E-state index in [0.717, 1.165) is 30.4 Å². The predicted molar refractivity (Wildman–Crippen MR) is 92.3 cm³/mol. The van der Waals surface area contributed by atoms with Gasteiger partial charge in [0.15, 0.2) is 5.78 Å². The number of hydrogen-bond acceptors (Lipinski definition) is 4. The van der Waals surface area contributed by atoms with Crippen molar-refractivity contribution in [1.29, 1.82) is 0 Å². The number of carbonyl (C=O) groups excluding carboxylic acids is 1. The third kappa shape index (κ3) is 2.25. The van der Waals surface area contributed by atoms with Crippen LogP contribution in [-0.2, 0) is 10.0 Å². The van der Waals surface area contributed by atoms with Gasteiger partial charge in [-0.25, -0.2) is 8.42 Å². The molecule has 0 radical (unpaired) electrons. The molecule has 2 aromatic carbocycles. The largest absolute Gasteiger partial charge is 0.399 e. The van der Waals surface area contributed by atoms with Crippen LogP contribution in [0, 0.1) is 0 Å². The fourth-order valence-electron chi connectivity index (χ4n) is 3.49. The van der Waals surface area contributed by atoms with Crippen molar-refractivity contribution in [2.24, 2.45) is 0 Å². The van der Waals surface area contributed by atoms with Crippen molar-refractivity contribution in [2.45, 2.75) is 24.2 Å². The molecular weight excluding hydrogens is 324 g/mol. The third-order valence-electron chi connectivity index (χ3n) is 4.77. The fraction of sp³-hybridized carbons (Fsp3) is 0.278. The average molecular weight is 342 g/mol. The summed E-state index contributed by atoms with van der Waals surface area (Å²) in [5.74, 6) is -0.164. The van der Waals surface area contributed by atoms with Crippen LogP contribution < -0.4 is 5.73 Å². The molecule has 24 heavy (non-hydrogen) atoms. The van der Waals surface area contributed by atoms with Gasteiger partial charge in [-0.15, -0.1) is 0 Å². The van der Waals surface area contributed by atoms with Crippen molar-refractivity contribution in [3.63, 3.8) is 0 Å². The first-order valence-electron chi connectivity index (χ1n) is 8.07. The summed E-state index contributed by atoms with van der Waals surface area (Å²) in [4.78, 5) is 12.8. The number of sulfonamides is 1. The van der Waals surface area contributed by atoms with E-state index in [4.69, 9.17) is 5.73 Å². The Morgan fingerprint density at radius 2 is 1.46 bits per heavy atom. The molecule has 2 N–H and O–H groups in total.